The Hall–Kier alpha value is -6.28. The van der Waals surface area contributed by atoms with Gasteiger partial charge in [0, 0.05) is 48.0 Å². The zero-order valence-electron chi connectivity index (χ0n) is 28.3. The molecule has 0 saturated carbocycles. The number of thiophene rings is 1. The molecule has 7 heteroatoms. The molecule has 250 valence electrons. The Morgan fingerprint density at radius 2 is 1.15 bits per heavy atom. The van der Waals surface area contributed by atoms with E-state index < -0.39 is 0 Å². The monoisotopic (exact) mass is 715 g/mol. The average molecular weight is 716 g/mol. The highest BCUT2D eigenvalue weighted by Gasteiger charge is 2.33. The van der Waals surface area contributed by atoms with Crippen LogP contribution in [0.1, 0.15) is 10.9 Å². The molecule has 7 aromatic carbocycles. The van der Waals surface area contributed by atoms with E-state index in [-0.39, 0.29) is 5.37 Å². The van der Waals surface area contributed by atoms with Crippen LogP contribution >= 0.6 is 23.1 Å². The van der Waals surface area contributed by atoms with Crippen molar-refractivity contribution in [3.8, 4) is 28.7 Å². The summed E-state index contributed by atoms with van der Waals surface area (Å²) in [5.74, 6) is 1.88. The highest BCUT2D eigenvalue weighted by Crippen LogP contribution is 2.55. The molecule has 5 nitrogen and oxygen atoms in total. The van der Waals surface area contributed by atoms with Gasteiger partial charge in [-0.15, -0.1) is 11.3 Å². The largest absolute Gasteiger partial charge is 0.323 e. The Morgan fingerprint density at radius 1 is 0.509 bits per heavy atom. The van der Waals surface area contributed by atoms with Crippen LogP contribution in [0.15, 0.2) is 175 Å². The molecule has 0 fully saturated rings. The van der Waals surface area contributed by atoms with Gasteiger partial charge >= 0.3 is 0 Å². The van der Waals surface area contributed by atoms with E-state index in [1.54, 1.807) is 0 Å². The lowest BCUT2D eigenvalue weighted by atomic mass is 10.1. The lowest BCUT2D eigenvalue weighted by molar-refractivity contribution is 0.953. The van der Waals surface area contributed by atoms with Crippen LogP contribution in [0.4, 0.5) is 11.4 Å². The van der Waals surface area contributed by atoms with Gasteiger partial charge in [0.2, 0.25) is 5.95 Å². The van der Waals surface area contributed by atoms with E-state index in [9.17, 15) is 0 Å². The van der Waals surface area contributed by atoms with Gasteiger partial charge in [0.1, 0.15) is 5.37 Å². The smallest absolute Gasteiger partial charge is 0.238 e. The van der Waals surface area contributed by atoms with E-state index >= 15 is 0 Å². The number of anilines is 2. The van der Waals surface area contributed by atoms with Crippen LogP contribution in [-0.2, 0) is 0 Å². The number of nitrogens with zero attached hydrogens (tertiary/aromatic N) is 5. The summed E-state index contributed by atoms with van der Waals surface area (Å²) < 4.78 is 4.75. The molecule has 0 bridgehead atoms. The molecule has 0 amide bonds. The molecule has 3 aromatic heterocycles. The van der Waals surface area contributed by atoms with E-state index in [0.29, 0.717) is 17.6 Å². The second kappa shape index (κ2) is 12.2. The van der Waals surface area contributed by atoms with Gasteiger partial charge in [0.15, 0.2) is 11.6 Å². The molecule has 1 unspecified atom stereocenters. The maximum absolute atomic E-state index is 5.25. The Morgan fingerprint density at radius 3 is 1.91 bits per heavy atom. The van der Waals surface area contributed by atoms with Crippen LogP contribution < -0.4 is 4.90 Å². The summed E-state index contributed by atoms with van der Waals surface area (Å²) in [4.78, 5) is 19.3. The van der Waals surface area contributed by atoms with Crippen molar-refractivity contribution in [2.24, 2.45) is 0 Å². The van der Waals surface area contributed by atoms with Crippen molar-refractivity contribution in [3.63, 3.8) is 0 Å². The van der Waals surface area contributed by atoms with Crippen molar-refractivity contribution < 1.29 is 0 Å². The van der Waals surface area contributed by atoms with Gasteiger partial charge in [-0.1, -0.05) is 145 Å². The predicted molar refractivity (Wildman–Crippen MR) is 222 cm³/mol. The van der Waals surface area contributed by atoms with Crippen molar-refractivity contribution in [2.45, 2.75) is 10.3 Å². The minimum Gasteiger partial charge on any atom is -0.323 e. The highest BCUT2D eigenvalue weighted by molar-refractivity contribution is 8.00. The Kier molecular flexibility index (Phi) is 6.96. The number of rotatable bonds is 5. The van der Waals surface area contributed by atoms with Gasteiger partial charge < -0.3 is 4.90 Å². The molecule has 0 saturated heterocycles. The van der Waals surface area contributed by atoms with Crippen molar-refractivity contribution in [1.29, 1.82) is 0 Å². The van der Waals surface area contributed by atoms with Crippen LogP contribution in [0, 0.1) is 0 Å². The quantitative estimate of drug-likeness (QED) is 0.178. The number of thioether (sulfide) groups is 1. The fourth-order valence-corrected chi connectivity index (χ4v) is 10.2. The third kappa shape index (κ3) is 4.89. The summed E-state index contributed by atoms with van der Waals surface area (Å²) in [7, 11) is 0. The van der Waals surface area contributed by atoms with Crippen LogP contribution in [0.3, 0.4) is 0 Å². The second-order valence-corrected chi connectivity index (χ2v) is 15.4. The minimum atomic E-state index is 0.110. The fraction of sp³-hybridized carbons (Fsp3) is 0.0217. The summed E-state index contributed by atoms with van der Waals surface area (Å²) in [6.07, 6.45) is 0. The standard InChI is InChI=1S/C46H29N5S2/c1-4-14-29(15-5-1)43-47-44(30-16-6-2-7-17-30)49-46(48-43)51-37-27-24-32(50-38-21-11-13-23-40(38)53-45(50)31-18-8-3-9-19-31)28-36(37)34-25-26-35-33-20-10-12-22-39(33)52-42(35)41(34)51/h1-28,45H. The maximum atomic E-state index is 5.25. The minimum absolute atomic E-state index is 0.110. The van der Waals surface area contributed by atoms with Crippen molar-refractivity contribution in [3.05, 3.63) is 175 Å². The van der Waals surface area contributed by atoms with Gasteiger partial charge in [-0.25, -0.2) is 4.98 Å². The van der Waals surface area contributed by atoms with Crippen LogP contribution in [0.25, 0.3) is 70.7 Å². The van der Waals surface area contributed by atoms with Gasteiger partial charge in [0.05, 0.1) is 21.4 Å². The van der Waals surface area contributed by atoms with Crippen molar-refractivity contribution >= 4 is 76.5 Å². The summed E-state index contributed by atoms with van der Waals surface area (Å²) >= 11 is 3.73. The second-order valence-electron chi connectivity index (χ2n) is 13.2. The maximum Gasteiger partial charge on any atom is 0.238 e. The van der Waals surface area contributed by atoms with Gasteiger partial charge in [-0.05, 0) is 42.0 Å². The number of para-hydroxylation sites is 1. The first kappa shape index (κ1) is 30.4. The first-order chi connectivity index (χ1) is 26.3. The lowest BCUT2D eigenvalue weighted by Crippen LogP contribution is -2.17. The predicted octanol–water partition coefficient (Wildman–Crippen LogP) is 12.6. The molecule has 1 atom stereocenters. The number of hydrogen-bond donors (Lipinski definition) is 0. The molecule has 10 aromatic rings. The molecule has 1 aliphatic heterocycles. The molecule has 53 heavy (non-hydrogen) atoms. The topological polar surface area (TPSA) is 46.8 Å². The third-order valence-electron chi connectivity index (χ3n) is 10.1. The Balaban J connectivity index is 1.21. The molecule has 1 aliphatic rings. The average Bonchev–Trinajstić information content (AvgIpc) is 3.91. The van der Waals surface area contributed by atoms with E-state index in [0.717, 1.165) is 33.2 Å². The van der Waals surface area contributed by atoms with E-state index in [1.165, 1.54) is 41.7 Å². The fourth-order valence-electron chi connectivity index (χ4n) is 7.69. The molecule has 11 rings (SSSR count). The van der Waals surface area contributed by atoms with Gasteiger partial charge in [-0.2, -0.15) is 9.97 Å². The van der Waals surface area contributed by atoms with Gasteiger partial charge in [-0.3, -0.25) is 4.57 Å². The number of benzene rings is 7. The number of hydrogen-bond acceptors (Lipinski definition) is 6. The summed E-state index contributed by atoms with van der Waals surface area (Å²) in [6, 6.07) is 60.1. The molecular formula is C46H29N5S2. The molecule has 0 spiro atoms. The van der Waals surface area contributed by atoms with Crippen LogP contribution in [0.2, 0.25) is 0 Å². The molecular weight excluding hydrogens is 687 g/mol. The first-order valence-electron chi connectivity index (χ1n) is 17.6. The van der Waals surface area contributed by atoms with E-state index in [4.69, 9.17) is 15.0 Å². The molecule has 4 heterocycles. The molecule has 0 N–H and O–H groups in total. The summed E-state index contributed by atoms with van der Waals surface area (Å²) in [5.41, 5.74) is 7.69. The lowest BCUT2D eigenvalue weighted by Gasteiger charge is -2.27. The third-order valence-corrected chi connectivity index (χ3v) is 12.6. The number of aromatic nitrogens is 4. The zero-order chi connectivity index (χ0) is 34.9. The van der Waals surface area contributed by atoms with Crippen molar-refractivity contribution in [2.75, 3.05) is 4.90 Å². The van der Waals surface area contributed by atoms with Crippen LogP contribution in [-0.4, -0.2) is 19.5 Å². The van der Waals surface area contributed by atoms with Crippen molar-refractivity contribution in [1.82, 2.24) is 19.5 Å². The Bertz CT molecular complexity index is 2940. The van der Waals surface area contributed by atoms with Crippen LogP contribution in [0.5, 0.6) is 0 Å². The van der Waals surface area contributed by atoms with Gasteiger partial charge in [0.25, 0.3) is 0 Å². The summed E-state index contributed by atoms with van der Waals surface area (Å²) in [5, 5.41) is 4.92. The summed E-state index contributed by atoms with van der Waals surface area (Å²) in [6.45, 7) is 0. The highest BCUT2D eigenvalue weighted by atomic mass is 32.2. The number of fused-ring (bicyclic) bond motifs is 8. The Labute approximate surface area is 313 Å². The van der Waals surface area contributed by atoms with E-state index in [2.05, 4.69) is 143 Å². The molecule has 0 radical (unpaired) electrons. The van der Waals surface area contributed by atoms with E-state index in [1.807, 2.05) is 59.5 Å². The first-order valence-corrected chi connectivity index (χ1v) is 19.3. The normalized spacial score (nSPS) is 14.1. The SMILES string of the molecule is c1ccc(-c2nc(-c3ccccc3)nc(-n3c4ccc(N5c6ccccc6SC5c5ccccc5)cc4c4ccc5c6ccccc6sc5c43)n2)cc1. The molecule has 0 aliphatic carbocycles. The zero-order valence-corrected chi connectivity index (χ0v) is 29.9.